The van der Waals surface area contributed by atoms with Crippen LogP contribution in [0.2, 0.25) is 0 Å². The molecular weight excluding hydrogens is 1150 g/mol. The summed E-state index contributed by atoms with van der Waals surface area (Å²) in [5.74, 6) is -2.98. The van der Waals surface area contributed by atoms with Crippen molar-refractivity contribution in [3.63, 3.8) is 0 Å². The Morgan fingerprint density at radius 2 is 0.434 bits per heavy atom. The molecule has 21 N–H and O–H groups in total. The summed E-state index contributed by atoms with van der Waals surface area (Å²) in [7, 11) is 0. The number of hydrogen-bond acceptors (Lipinski definition) is 37. The lowest BCUT2D eigenvalue weighted by molar-refractivity contribution is -0.396. The van der Waals surface area contributed by atoms with E-state index in [0.29, 0.717) is 0 Å². The number of carboxylic acids is 1. The van der Waals surface area contributed by atoms with Crippen LogP contribution in [0, 0.1) is 0 Å². The Balaban J connectivity index is 1.10. The molecule has 38 nitrogen and oxygen atoms in total. The predicted molar refractivity (Wildman–Crippen MR) is 245 cm³/mol. The van der Waals surface area contributed by atoms with Gasteiger partial charge in [-0.3, -0.25) is 4.79 Å². The Kier molecular flexibility index (Phi) is 22.8. The number of carbonyl (C=O) groups is 2. The predicted octanol–water partition coefficient (Wildman–Crippen LogP) is -15.2. The molecule has 480 valence electrons. The van der Waals surface area contributed by atoms with Gasteiger partial charge in [0.25, 0.3) is 0 Å². The molecule has 0 unspecified atom stereocenters. The Hall–Kier alpha value is -2.42. The number of rotatable bonds is 10. The van der Waals surface area contributed by atoms with E-state index in [9.17, 15) is 112 Å². The fourth-order valence-corrected chi connectivity index (χ4v) is 10.8. The lowest BCUT2D eigenvalue weighted by Crippen LogP contribution is -2.68. The molecule has 21 aliphatic rings. The second-order valence-corrected chi connectivity index (χ2v) is 20.7. The molecule has 83 heavy (non-hydrogen) atoms. The van der Waals surface area contributed by atoms with Crippen LogP contribution in [0.25, 0.3) is 0 Å². The van der Waals surface area contributed by atoms with Gasteiger partial charge in [-0.15, -0.1) is 0 Å². The molecular formula is C45H72O38. The number of esters is 1. The number of aliphatic hydroxyl groups excluding tert-OH is 20. The molecule has 21 saturated heterocycles. The number of aliphatic carboxylic acids is 1. The third-order valence-corrected chi connectivity index (χ3v) is 15.3. The van der Waals surface area contributed by atoms with Gasteiger partial charge in [0.15, 0.2) is 50.6 Å². The molecule has 14 bridgehead atoms. The summed E-state index contributed by atoms with van der Waals surface area (Å²) >= 11 is 0. The highest BCUT2D eigenvalue weighted by molar-refractivity contribution is 5.75. The van der Waals surface area contributed by atoms with Gasteiger partial charge in [0.05, 0.1) is 46.1 Å². The van der Waals surface area contributed by atoms with Gasteiger partial charge in [0, 0.05) is 0 Å². The average molecular weight is 1220 g/mol. The molecule has 21 fully saturated rings. The number of carbonyl (C=O) groups excluding carboxylic acids is 1. The number of carboxylic acid groups (broad SMARTS) is 1. The van der Waals surface area contributed by atoms with Gasteiger partial charge in [-0.2, -0.15) is 0 Å². The molecule has 35 atom stereocenters. The molecule has 0 aromatic carbocycles. The van der Waals surface area contributed by atoms with Crippen LogP contribution in [0.15, 0.2) is 0 Å². The monoisotopic (exact) mass is 1220 g/mol. The van der Waals surface area contributed by atoms with Gasteiger partial charge in [0.2, 0.25) is 0 Å². The Labute approximate surface area is 466 Å². The van der Waals surface area contributed by atoms with Crippen molar-refractivity contribution in [3.8, 4) is 0 Å². The Morgan fingerprint density at radius 1 is 0.265 bits per heavy atom. The summed E-state index contributed by atoms with van der Waals surface area (Å²) < 4.78 is 84.5. The van der Waals surface area contributed by atoms with E-state index in [1.54, 1.807) is 0 Å². The zero-order valence-corrected chi connectivity index (χ0v) is 43.2. The zero-order valence-electron chi connectivity index (χ0n) is 43.2. The van der Waals surface area contributed by atoms with E-state index in [0.717, 1.165) is 0 Å². The first-order valence-corrected chi connectivity index (χ1v) is 26.1. The molecule has 0 amide bonds. The Morgan fingerprint density at radius 3 is 0.602 bits per heavy atom. The van der Waals surface area contributed by atoms with Crippen LogP contribution < -0.4 is 0 Å². The first-order chi connectivity index (χ1) is 39.4. The van der Waals surface area contributed by atoms with Crippen LogP contribution in [-0.4, -0.2) is 380 Å². The molecule has 21 aliphatic heterocycles. The third kappa shape index (κ3) is 13.8. The minimum atomic E-state index is -2.36. The first kappa shape index (κ1) is 66.5. The number of ether oxygens (including phenoxy) is 15. The van der Waals surface area contributed by atoms with Crippen LogP contribution in [-0.2, 0) is 80.6 Å². The van der Waals surface area contributed by atoms with Gasteiger partial charge in [-0.25, -0.2) is 4.79 Å². The van der Waals surface area contributed by atoms with Crippen LogP contribution >= 0.6 is 0 Å². The molecule has 0 radical (unpaired) electrons. The summed E-state index contributed by atoms with van der Waals surface area (Å²) in [6.45, 7) is -7.79. The maximum atomic E-state index is 13.0. The van der Waals surface area contributed by atoms with Gasteiger partial charge in [-0.1, -0.05) is 0 Å². The molecule has 0 aromatic heterocycles. The second kappa shape index (κ2) is 28.4. The minimum absolute atomic E-state index is 1.07. The van der Waals surface area contributed by atoms with E-state index < -0.39 is 280 Å². The van der Waals surface area contributed by atoms with Crippen molar-refractivity contribution in [1.29, 1.82) is 0 Å². The normalized spacial score (nSPS) is 52.1. The van der Waals surface area contributed by atoms with Crippen LogP contribution in [0.5, 0.6) is 0 Å². The topological polar surface area (TPSA) is 597 Å². The third-order valence-electron chi connectivity index (χ3n) is 15.3. The highest BCUT2D eigenvalue weighted by Gasteiger charge is 2.60. The van der Waals surface area contributed by atoms with Gasteiger partial charge in [-0.05, 0) is 0 Å². The lowest BCUT2D eigenvalue weighted by atomic mass is 9.94. The van der Waals surface area contributed by atoms with E-state index in [1.807, 2.05) is 0 Å². The standard InChI is InChI=1S/C45H72O38/c46-2-10-33-20(57)27(64)41(72-10)80-35-12(4-48)74-43(29(66)22(35)59)82-37-14(6-50)76-45(31(68)24(37)61)83-38-15(7-51)75-44(30(67)23(38)60)81-36-13(5-49)73-42(28(65)21(36)58)79-34-11(3-47)71-40(26(63)19(34)56)77-32-9(1-17(54)69-8-16(52)53)70-39(78-33)25(62)18(32)55/h9-15,18-51,55-68H,1-8H2,(H,52,53)/t9-,10+,11-,12+,13-,14+,15-,18+,19+,20+,21+,22-,23+,24+,25+,26+,27-,28+,29-,30+,31+,32+,33+,34+,35+,36+,37+,38+,39+,40+,41+,42+,43+,44+,45+/m0/s1. The zero-order chi connectivity index (χ0) is 60.6. The van der Waals surface area contributed by atoms with Crippen molar-refractivity contribution in [1.82, 2.24) is 0 Å². The van der Waals surface area contributed by atoms with E-state index in [4.69, 9.17) is 76.2 Å². The fourth-order valence-electron chi connectivity index (χ4n) is 10.8. The fraction of sp³-hybridized carbons (Fsp3) is 0.956. The van der Waals surface area contributed by atoms with Crippen molar-refractivity contribution in [3.05, 3.63) is 0 Å². The maximum Gasteiger partial charge on any atom is 0.341 e. The van der Waals surface area contributed by atoms with Crippen LogP contribution in [0.3, 0.4) is 0 Å². The van der Waals surface area contributed by atoms with Crippen molar-refractivity contribution in [2.75, 3.05) is 46.2 Å². The second-order valence-electron chi connectivity index (χ2n) is 20.7. The smallest absolute Gasteiger partial charge is 0.341 e. The number of hydrogen-bond donors (Lipinski definition) is 21. The van der Waals surface area contributed by atoms with Crippen molar-refractivity contribution in [2.24, 2.45) is 0 Å². The highest BCUT2D eigenvalue weighted by Crippen LogP contribution is 2.39. The highest BCUT2D eigenvalue weighted by atomic mass is 16.8. The molecule has 38 heteroatoms. The summed E-state index contributed by atoms with van der Waals surface area (Å²) in [6, 6.07) is 0. The molecule has 0 saturated carbocycles. The lowest BCUT2D eigenvalue weighted by Gasteiger charge is -2.50. The first-order valence-electron chi connectivity index (χ1n) is 26.1. The molecule has 21 heterocycles. The molecule has 0 aliphatic carbocycles. The van der Waals surface area contributed by atoms with E-state index >= 15 is 0 Å². The maximum absolute atomic E-state index is 13.0. The minimum Gasteiger partial charge on any atom is -0.479 e. The van der Waals surface area contributed by atoms with Crippen LogP contribution in [0.4, 0.5) is 0 Å². The van der Waals surface area contributed by atoms with Crippen molar-refractivity contribution < 1.29 is 188 Å². The molecule has 0 aromatic rings. The molecule has 21 rings (SSSR count). The summed E-state index contributed by atoms with van der Waals surface area (Å²) in [4.78, 5) is 24.2. The van der Waals surface area contributed by atoms with Crippen molar-refractivity contribution in [2.45, 2.75) is 221 Å². The van der Waals surface area contributed by atoms with Gasteiger partial charge < -0.3 is 178 Å². The SMILES string of the molecule is O=C(O)COC(=O)C[C@@H]1O[C@@H]2O[C@H]3[C@H](O)[C@H](O)[C@@H](O[C@H]4[C@@H](O)[C@H](O)[C@@H](O[C@H]5[C@H](O)[C@@H](O)[C@@H](O[C@H]6[C@H](O)[C@@H](O)[C@@H](O[C@H]7[C@H](O)[C@@H](O)[C@@H](O[C@H]8[C@H](O)[C@@H](O)[C@@H](O[C@H]1[C@H](O)[C@H]2O)O[C@H]8CO)O[C@H]7CO)O[C@H]6CO)O[C@@H]5CO)O[C@@H]4CO)O[C@@H]3CO. The van der Waals surface area contributed by atoms with Crippen LogP contribution in [0.1, 0.15) is 6.42 Å². The average Bonchev–Trinajstić information content (AvgIpc) is 3.56. The van der Waals surface area contributed by atoms with Gasteiger partial charge in [0.1, 0.15) is 171 Å². The summed E-state index contributed by atoms with van der Waals surface area (Å²) in [5.41, 5.74) is 0. The molecule has 0 spiro atoms. The van der Waals surface area contributed by atoms with E-state index in [2.05, 4.69) is 0 Å². The number of aliphatic hydroxyl groups is 20. The van der Waals surface area contributed by atoms with Gasteiger partial charge >= 0.3 is 11.9 Å². The van der Waals surface area contributed by atoms with E-state index in [-0.39, 0.29) is 0 Å². The van der Waals surface area contributed by atoms with E-state index in [1.165, 1.54) is 0 Å². The quantitative estimate of drug-likeness (QED) is 0.0903. The Bertz CT molecular complexity index is 2050. The van der Waals surface area contributed by atoms with Crippen molar-refractivity contribution >= 4 is 11.9 Å². The summed E-state index contributed by atoms with van der Waals surface area (Å²) in [5, 5.41) is 231. The summed E-state index contributed by atoms with van der Waals surface area (Å²) in [6.07, 6.45) is -74.2. The largest absolute Gasteiger partial charge is 0.479 e.